The van der Waals surface area contributed by atoms with Crippen molar-refractivity contribution in [3.05, 3.63) is 65.2 Å². The SMILES string of the molecule is O=C(CN1CCC(C(=O)Nc2ccccc2)CC1)NCc1cccc(Cl)c1. The predicted molar refractivity (Wildman–Crippen MR) is 108 cm³/mol. The highest BCUT2D eigenvalue weighted by atomic mass is 35.5. The molecule has 0 aromatic heterocycles. The molecule has 1 fully saturated rings. The van der Waals surface area contributed by atoms with E-state index in [2.05, 4.69) is 15.5 Å². The molecular formula is C21H24ClN3O2. The average Bonchev–Trinajstić information content (AvgIpc) is 2.68. The Morgan fingerprint density at radius 3 is 2.48 bits per heavy atom. The summed E-state index contributed by atoms with van der Waals surface area (Å²) in [6, 6.07) is 17.0. The maximum atomic E-state index is 12.4. The van der Waals surface area contributed by atoms with Crippen LogP contribution < -0.4 is 10.6 Å². The van der Waals surface area contributed by atoms with Crippen LogP contribution in [0.1, 0.15) is 18.4 Å². The molecule has 27 heavy (non-hydrogen) atoms. The van der Waals surface area contributed by atoms with Crippen molar-refractivity contribution in [3.63, 3.8) is 0 Å². The van der Waals surface area contributed by atoms with E-state index in [-0.39, 0.29) is 17.7 Å². The van der Waals surface area contributed by atoms with Gasteiger partial charge in [-0.1, -0.05) is 41.9 Å². The second-order valence-electron chi connectivity index (χ2n) is 6.81. The summed E-state index contributed by atoms with van der Waals surface area (Å²) < 4.78 is 0. The van der Waals surface area contributed by atoms with E-state index in [0.29, 0.717) is 18.1 Å². The lowest BCUT2D eigenvalue weighted by Gasteiger charge is -2.30. The zero-order valence-corrected chi connectivity index (χ0v) is 15.9. The molecule has 2 amide bonds. The van der Waals surface area contributed by atoms with E-state index >= 15 is 0 Å². The van der Waals surface area contributed by atoms with Gasteiger partial charge in [-0.2, -0.15) is 0 Å². The Balaban J connectivity index is 1.38. The van der Waals surface area contributed by atoms with Crippen LogP contribution in [0.2, 0.25) is 5.02 Å². The summed E-state index contributed by atoms with van der Waals surface area (Å²) in [6.45, 7) is 2.32. The van der Waals surface area contributed by atoms with Gasteiger partial charge in [0.2, 0.25) is 11.8 Å². The normalized spacial score (nSPS) is 15.3. The highest BCUT2D eigenvalue weighted by Gasteiger charge is 2.25. The average molecular weight is 386 g/mol. The van der Waals surface area contributed by atoms with Gasteiger partial charge < -0.3 is 10.6 Å². The number of amides is 2. The number of benzene rings is 2. The van der Waals surface area contributed by atoms with Crippen molar-refractivity contribution in [1.29, 1.82) is 0 Å². The third kappa shape index (κ3) is 6.08. The number of piperidine rings is 1. The molecule has 0 atom stereocenters. The number of hydrogen-bond acceptors (Lipinski definition) is 3. The summed E-state index contributed by atoms with van der Waals surface area (Å²) in [5.41, 5.74) is 1.80. The Morgan fingerprint density at radius 2 is 1.78 bits per heavy atom. The van der Waals surface area contributed by atoms with Crippen LogP contribution in [0.3, 0.4) is 0 Å². The first-order chi connectivity index (χ1) is 13.1. The zero-order chi connectivity index (χ0) is 19.1. The number of para-hydroxylation sites is 1. The molecular weight excluding hydrogens is 362 g/mol. The van der Waals surface area contributed by atoms with Gasteiger partial charge in [-0.3, -0.25) is 14.5 Å². The summed E-state index contributed by atoms with van der Waals surface area (Å²) in [7, 11) is 0. The summed E-state index contributed by atoms with van der Waals surface area (Å²) in [4.78, 5) is 26.6. The third-order valence-electron chi connectivity index (χ3n) is 4.75. The lowest BCUT2D eigenvalue weighted by atomic mass is 9.96. The zero-order valence-electron chi connectivity index (χ0n) is 15.2. The van der Waals surface area contributed by atoms with Crippen molar-refractivity contribution < 1.29 is 9.59 Å². The van der Waals surface area contributed by atoms with Gasteiger partial charge in [-0.25, -0.2) is 0 Å². The van der Waals surface area contributed by atoms with E-state index in [9.17, 15) is 9.59 Å². The Morgan fingerprint density at radius 1 is 1.04 bits per heavy atom. The maximum Gasteiger partial charge on any atom is 0.234 e. The highest BCUT2D eigenvalue weighted by molar-refractivity contribution is 6.30. The van der Waals surface area contributed by atoms with Crippen LogP contribution in [0, 0.1) is 5.92 Å². The molecule has 0 aliphatic carbocycles. The molecule has 0 spiro atoms. The third-order valence-corrected chi connectivity index (χ3v) is 4.98. The summed E-state index contributed by atoms with van der Waals surface area (Å²) in [5.74, 6) is 0.0457. The first-order valence-corrected chi connectivity index (χ1v) is 9.57. The quantitative estimate of drug-likeness (QED) is 0.802. The van der Waals surface area contributed by atoms with Gasteiger partial charge >= 0.3 is 0 Å². The summed E-state index contributed by atoms with van der Waals surface area (Å²) in [5, 5.41) is 6.55. The monoisotopic (exact) mass is 385 g/mol. The Bertz CT molecular complexity index is 774. The fourth-order valence-electron chi connectivity index (χ4n) is 3.23. The van der Waals surface area contributed by atoms with Gasteiger partial charge in [-0.15, -0.1) is 0 Å². The van der Waals surface area contributed by atoms with Gasteiger partial charge in [-0.05, 0) is 55.8 Å². The van der Waals surface area contributed by atoms with E-state index < -0.39 is 0 Å². The molecule has 0 bridgehead atoms. The molecule has 0 unspecified atom stereocenters. The number of anilines is 1. The lowest BCUT2D eigenvalue weighted by molar-refractivity contribution is -0.123. The summed E-state index contributed by atoms with van der Waals surface area (Å²) in [6.07, 6.45) is 1.53. The number of nitrogens with one attached hydrogen (secondary N) is 2. The number of likely N-dealkylation sites (tertiary alicyclic amines) is 1. The smallest absolute Gasteiger partial charge is 0.234 e. The number of halogens is 1. The molecule has 1 saturated heterocycles. The van der Waals surface area contributed by atoms with Crippen LogP contribution >= 0.6 is 11.6 Å². The topological polar surface area (TPSA) is 61.4 Å². The van der Waals surface area contributed by atoms with Crippen LogP contribution in [-0.4, -0.2) is 36.3 Å². The van der Waals surface area contributed by atoms with Gasteiger partial charge in [0, 0.05) is 23.2 Å². The Hall–Kier alpha value is -2.37. The van der Waals surface area contributed by atoms with E-state index in [1.54, 1.807) is 0 Å². The van der Waals surface area contributed by atoms with Gasteiger partial charge in [0.05, 0.1) is 6.54 Å². The molecule has 0 saturated carbocycles. The van der Waals surface area contributed by atoms with E-state index in [0.717, 1.165) is 37.2 Å². The first kappa shape index (κ1) is 19.4. The first-order valence-electron chi connectivity index (χ1n) is 9.19. The van der Waals surface area contributed by atoms with E-state index in [4.69, 9.17) is 11.6 Å². The van der Waals surface area contributed by atoms with Gasteiger partial charge in [0.1, 0.15) is 0 Å². The number of carbonyl (C=O) groups excluding carboxylic acids is 2. The minimum atomic E-state index is -0.0119. The van der Waals surface area contributed by atoms with Crippen molar-refractivity contribution >= 4 is 29.1 Å². The molecule has 6 heteroatoms. The van der Waals surface area contributed by atoms with Gasteiger partial charge in [0.15, 0.2) is 0 Å². The molecule has 1 aliphatic heterocycles. The fraction of sp³-hybridized carbons (Fsp3) is 0.333. The second-order valence-corrected chi connectivity index (χ2v) is 7.25. The number of carbonyl (C=O) groups is 2. The molecule has 2 N–H and O–H groups in total. The molecule has 0 radical (unpaired) electrons. The molecule has 5 nitrogen and oxygen atoms in total. The van der Waals surface area contributed by atoms with Crippen molar-refractivity contribution in [1.82, 2.24) is 10.2 Å². The maximum absolute atomic E-state index is 12.4. The van der Waals surface area contributed by atoms with Gasteiger partial charge in [0.25, 0.3) is 0 Å². The van der Waals surface area contributed by atoms with Crippen LogP contribution in [0.25, 0.3) is 0 Å². The largest absolute Gasteiger partial charge is 0.351 e. The number of nitrogens with zero attached hydrogens (tertiary/aromatic N) is 1. The molecule has 142 valence electrons. The highest BCUT2D eigenvalue weighted by Crippen LogP contribution is 2.19. The van der Waals surface area contributed by atoms with Crippen molar-refractivity contribution in [2.24, 2.45) is 5.92 Å². The Labute approximate surface area is 164 Å². The minimum Gasteiger partial charge on any atom is -0.351 e. The molecule has 1 heterocycles. The standard InChI is InChI=1S/C21H24ClN3O2/c22-18-6-4-5-16(13-18)14-23-20(26)15-25-11-9-17(10-12-25)21(27)24-19-7-2-1-3-8-19/h1-8,13,17H,9-12,14-15H2,(H,23,26)(H,24,27). The molecule has 2 aromatic carbocycles. The minimum absolute atomic E-state index is 0.00372. The Kier molecular flexibility index (Phi) is 6.85. The van der Waals surface area contributed by atoms with Crippen molar-refractivity contribution in [3.8, 4) is 0 Å². The molecule has 1 aliphatic rings. The fourth-order valence-corrected chi connectivity index (χ4v) is 3.44. The van der Waals surface area contributed by atoms with E-state index in [1.807, 2.05) is 54.6 Å². The number of rotatable bonds is 6. The van der Waals surface area contributed by atoms with Crippen LogP contribution in [0.15, 0.2) is 54.6 Å². The predicted octanol–water partition coefficient (Wildman–Crippen LogP) is 3.31. The van der Waals surface area contributed by atoms with Crippen molar-refractivity contribution in [2.75, 3.05) is 25.0 Å². The molecule has 2 aromatic rings. The number of hydrogen-bond donors (Lipinski definition) is 2. The summed E-state index contributed by atoms with van der Waals surface area (Å²) >= 11 is 5.95. The molecule has 3 rings (SSSR count). The van der Waals surface area contributed by atoms with Crippen LogP contribution in [0.5, 0.6) is 0 Å². The van der Waals surface area contributed by atoms with Crippen LogP contribution in [-0.2, 0) is 16.1 Å². The van der Waals surface area contributed by atoms with Crippen molar-refractivity contribution in [2.45, 2.75) is 19.4 Å². The van der Waals surface area contributed by atoms with E-state index in [1.165, 1.54) is 0 Å². The van der Waals surface area contributed by atoms with Crippen LogP contribution in [0.4, 0.5) is 5.69 Å². The lowest BCUT2D eigenvalue weighted by Crippen LogP contribution is -2.43. The second kappa shape index (κ2) is 9.53.